The summed E-state index contributed by atoms with van der Waals surface area (Å²) in [4.78, 5) is 9.25. The topological polar surface area (TPSA) is 70.1 Å². The Morgan fingerprint density at radius 1 is 1.19 bits per heavy atom. The number of aliphatic hydroxyl groups is 1. The lowest BCUT2D eigenvalue weighted by atomic mass is 9.85. The first-order chi connectivity index (χ1) is 10.2. The maximum Gasteiger partial charge on any atom is 0.135 e. The van der Waals surface area contributed by atoms with E-state index >= 15 is 0 Å². The Bertz CT molecular complexity index is 464. The second kappa shape index (κ2) is 7.59. The Labute approximate surface area is 127 Å². The fraction of sp³-hybridized carbons (Fsp3) is 0.750. The number of rotatable bonds is 6. The average Bonchev–Trinajstić information content (AvgIpc) is 2.51. The van der Waals surface area contributed by atoms with Gasteiger partial charge < -0.3 is 15.7 Å². The zero-order chi connectivity index (χ0) is 15.2. The SMILES string of the molecule is CCCc1nc(NC)c(C)c(NC2CCCCC2CO)n1. The van der Waals surface area contributed by atoms with E-state index in [1.165, 1.54) is 12.8 Å². The molecule has 0 radical (unpaired) electrons. The predicted octanol–water partition coefficient (Wildman–Crippen LogP) is 2.74. The van der Waals surface area contributed by atoms with Crippen LogP contribution >= 0.6 is 0 Å². The van der Waals surface area contributed by atoms with Gasteiger partial charge in [0.2, 0.25) is 0 Å². The van der Waals surface area contributed by atoms with Crippen molar-refractivity contribution in [1.82, 2.24) is 9.97 Å². The van der Waals surface area contributed by atoms with Crippen molar-refractivity contribution < 1.29 is 5.11 Å². The molecule has 1 saturated carbocycles. The molecule has 118 valence electrons. The smallest absolute Gasteiger partial charge is 0.135 e. The highest BCUT2D eigenvalue weighted by atomic mass is 16.3. The summed E-state index contributed by atoms with van der Waals surface area (Å²) in [6.07, 6.45) is 6.56. The molecule has 5 nitrogen and oxygen atoms in total. The van der Waals surface area contributed by atoms with E-state index < -0.39 is 0 Å². The quantitative estimate of drug-likeness (QED) is 0.752. The van der Waals surface area contributed by atoms with Crippen LogP contribution in [0.15, 0.2) is 0 Å². The lowest BCUT2D eigenvalue weighted by molar-refractivity contribution is 0.178. The predicted molar refractivity (Wildman–Crippen MR) is 86.8 cm³/mol. The molecule has 5 heteroatoms. The second-order valence-electron chi connectivity index (χ2n) is 5.94. The van der Waals surface area contributed by atoms with Gasteiger partial charge in [-0.1, -0.05) is 19.8 Å². The standard InChI is InChI=1S/C16H28N4O/c1-4-7-14-19-15(17-3)11(2)16(20-14)18-13-9-6-5-8-12(13)10-21/h12-13,21H,4-10H2,1-3H3,(H2,17,18,19,20). The summed E-state index contributed by atoms with van der Waals surface area (Å²) in [7, 11) is 1.89. The van der Waals surface area contributed by atoms with E-state index in [0.29, 0.717) is 12.0 Å². The van der Waals surface area contributed by atoms with Crippen LogP contribution in [-0.2, 0) is 6.42 Å². The number of nitrogens with one attached hydrogen (secondary N) is 2. The maximum absolute atomic E-state index is 9.56. The van der Waals surface area contributed by atoms with Crippen LogP contribution in [0, 0.1) is 12.8 Å². The van der Waals surface area contributed by atoms with Crippen molar-refractivity contribution in [1.29, 1.82) is 0 Å². The Morgan fingerprint density at radius 3 is 2.57 bits per heavy atom. The Kier molecular flexibility index (Phi) is 5.79. The van der Waals surface area contributed by atoms with Gasteiger partial charge in [-0.15, -0.1) is 0 Å². The van der Waals surface area contributed by atoms with E-state index in [-0.39, 0.29) is 6.61 Å². The van der Waals surface area contributed by atoms with Gasteiger partial charge in [0.15, 0.2) is 0 Å². The number of hydrogen-bond acceptors (Lipinski definition) is 5. The maximum atomic E-state index is 9.56. The minimum absolute atomic E-state index is 0.252. The summed E-state index contributed by atoms with van der Waals surface area (Å²) in [6, 6.07) is 0.316. The second-order valence-corrected chi connectivity index (χ2v) is 5.94. The van der Waals surface area contributed by atoms with E-state index in [9.17, 15) is 5.11 Å². The monoisotopic (exact) mass is 292 g/mol. The molecule has 1 aliphatic rings. The number of aromatic nitrogens is 2. The van der Waals surface area contributed by atoms with Gasteiger partial charge >= 0.3 is 0 Å². The molecule has 1 heterocycles. The molecule has 2 unspecified atom stereocenters. The van der Waals surface area contributed by atoms with E-state index in [4.69, 9.17) is 0 Å². The third kappa shape index (κ3) is 3.84. The summed E-state index contributed by atoms with van der Waals surface area (Å²) in [5, 5.41) is 16.3. The van der Waals surface area contributed by atoms with Gasteiger partial charge in [-0.2, -0.15) is 0 Å². The summed E-state index contributed by atoms with van der Waals surface area (Å²) in [5.74, 6) is 3.03. The van der Waals surface area contributed by atoms with Crippen LogP contribution in [0.5, 0.6) is 0 Å². The van der Waals surface area contributed by atoms with Crippen molar-refractivity contribution in [2.45, 2.75) is 58.4 Å². The van der Waals surface area contributed by atoms with Crippen LogP contribution in [-0.4, -0.2) is 34.8 Å². The van der Waals surface area contributed by atoms with E-state index in [0.717, 1.165) is 48.7 Å². The molecular formula is C16H28N4O. The Balaban J connectivity index is 2.22. The van der Waals surface area contributed by atoms with E-state index in [1.54, 1.807) is 0 Å². The highest BCUT2D eigenvalue weighted by Gasteiger charge is 2.25. The van der Waals surface area contributed by atoms with Gasteiger partial charge in [-0.25, -0.2) is 9.97 Å². The van der Waals surface area contributed by atoms with Gasteiger partial charge in [-0.3, -0.25) is 0 Å². The van der Waals surface area contributed by atoms with E-state index in [2.05, 4.69) is 27.5 Å². The first-order valence-electron chi connectivity index (χ1n) is 8.12. The molecule has 1 aromatic rings. The van der Waals surface area contributed by atoms with Crippen molar-refractivity contribution in [2.75, 3.05) is 24.3 Å². The molecular weight excluding hydrogens is 264 g/mol. The van der Waals surface area contributed by atoms with Crippen molar-refractivity contribution >= 4 is 11.6 Å². The third-order valence-corrected chi connectivity index (χ3v) is 4.37. The van der Waals surface area contributed by atoms with Gasteiger partial charge in [0, 0.05) is 37.6 Å². The van der Waals surface area contributed by atoms with Crippen LogP contribution in [0.4, 0.5) is 11.6 Å². The molecule has 21 heavy (non-hydrogen) atoms. The van der Waals surface area contributed by atoms with Crippen LogP contribution in [0.3, 0.4) is 0 Å². The number of anilines is 2. The number of hydrogen-bond donors (Lipinski definition) is 3. The van der Waals surface area contributed by atoms with Gasteiger partial charge in [0.1, 0.15) is 17.5 Å². The minimum Gasteiger partial charge on any atom is -0.396 e. The normalized spacial score (nSPS) is 22.1. The molecule has 3 N–H and O–H groups in total. The van der Waals surface area contributed by atoms with E-state index in [1.807, 2.05) is 14.0 Å². The number of aryl methyl sites for hydroxylation is 1. The number of nitrogens with zero attached hydrogens (tertiary/aromatic N) is 2. The fourth-order valence-corrected chi connectivity index (χ4v) is 3.07. The van der Waals surface area contributed by atoms with Gasteiger partial charge in [0.25, 0.3) is 0 Å². The van der Waals surface area contributed by atoms with Crippen LogP contribution in [0.25, 0.3) is 0 Å². The van der Waals surface area contributed by atoms with Crippen molar-refractivity contribution in [2.24, 2.45) is 5.92 Å². The Hall–Kier alpha value is -1.36. The summed E-state index contributed by atoms with van der Waals surface area (Å²) >= 11 is 0. The first kappa shape index (κ1) is 16.0. The Morgan fingerprint density at radius 2 is 1.90 bits per heavy atom. The summed E-state index contributed by atoms with van der Waals surface area (Å²) < 4.78 is 0. The highest BCUT2D eigenvalue weighted by molar-refractivity contribution is 5.57. The largest absolute Gasteiger partial charge is 0.396 e. The molecule has 1 aromatic heterocycles. The minimum atomic E-state index is 0.252. The molecule has 0 bridgehead atoms. The van der Waals surface area contributed by atoms with Crippen molar-refractivity contribution in [3.63, 3.8) is 0 Å². The average molecular weight is 292 g/mol. The first-order valence-corrected chi connectivity index (χ1v) is 8.12. The summed E-state index contributed by atoms with van der Waals surface area (Å²) in [5.41, 5.74) is 1.06. The number of aliphatic hydroxyl groups excluding tert-OH is 1. The van der Waals surface area contributed by atoms with Crippen LogP contribution < -0.4 is 10.6 Å². The molecule has 0 saturated heterocycles. The third-order valence-electron chi connectivity index (χ3n) is 4.37. The lowest BCUT2D eigenvalue weighted by Gasteiger charge is -2.32. The van der Waals surface area contributed by atoms with Crippen LogP contribution in [0.2, 0.25) is 0 Å². The molecule has 1 fully saturated rings. The lowest BCUT2D eigenvalue weighted by Crippen LogP contribution is -2.35. The summed E-state index contributed by atoms with van der Waals surface area (Å²) in [6.45, 7) is 4.43. The van der Waals surface area contributed by atoms with Crippen molar-refractivity contribution in [3.05, 3.63) is 11.4 Å². The molecule has 2 rings (SSSR count). The highest BCUT2D eigenvalue weighted by Crippen LogP contribution is 2.29. The van der Waals surface area contributed by atoms with Crippen LogP contribution in [0.1, 0.15) is 50.4 Å². The molecule has 0 aliphatic heterocycles. The molecule has 0 amide bonds. The van der Waals surface area contributed by atoms with Gasteiger partial charge in [0.05, 0.1) is 0 Å². The zero-order valence-corrected chi connectivity index (χ0v) is 13.4. The molecule has 0 aromatic carbocycles. The van der Waals surface area contributed by atoms with Gasteiger partial charge in [-0.05, 0) is 26.2 Å². The molecule has 0 spiro atoms. The molecule has 2 atom stereocenters. The molecule has 1 aliphatic carbocycles. The van der Waals surface area contributed by atoms with Crippen molar-refractivity contribution in [3.8, 4) is 0 Å². The zero-order valence-electron chi connectivity index (χ0n) is 13.4. The fourth-order valence-electron chi connectivity index (χ4n) is 3.07.